The van der Waals surface area contributed by atoms with E-state index in [1.807, 2.05) is 6.92 Å². The third-order valence-corrected chi connectivity index (χ3v) is 5.18. The van der Waals surface area contributed by atoms with Gasteiger partial charge in [0.25, 0.3) is 0 Å². The standard InChI is InChI=1S/C18H16Cl2N2O4S/c1-3-25-15(24)7-11-8-22-14(9-23)16(21-18(22)27-11)12-5-10(19)6-13(20)17(12)26-4-2/h5-6,8-9H,3-4,7H2,1-2H3. The molecule has 0 fully saturated rings. The van der Waals surface area contributed by atoms with Crippen LogP contribution in [0.1, 0.15) is 29.2 Å². The molecule has 27 heavy (non-hydrogen) atoms. The number of hydrogen-bond acceptors (Lipinski definition) is 6. The highest BCUT2D eigenvalue weighted by atomic mass is 35.5. The van der Waals surface area contributed by atoms with Crippen LogP contribution >= 0.6 is 34.5 Å². The third kappa shape index (κ3) is 3.95. The minimum absolute atomic E-state index is 0.128. The quantitative estimate of drug-likeness (QED) is 0.404. The fourth-order valence-corrected chi connectivity index (χ4v) is 4.20. The van der Waals surface area contributed by atoms with Crippen LogP contribution in [-0.2, 0) is 16.0 Å². The van der Waals surface area contributed by atoms with E-state index < -0.39 is 0 Å². The molecule has 0 unspecified atom stereocenters. The van der Waals surface area contributed by atoms with Gasteiger partial charge in [-0.25, -0.2) is 4.98 Å². The molecule has 0 aliphatic rings. The van der Waals surface area contributed by atoms with E-state index in [0.29, 0.717) is 57.2 Å². The third-order valence-electron chi connectivity index (χ3n) is 3.70. The van der Waals surface area contributed by atoms with E-state index in [1.54, 1.807) is 29.7 Å². The molecule has 0 spiro atoms. The Morgan fingerprint density at radius 1 is 1.30 bits per heavy atom. The zero-order chi connectivity index (χ0) is 19.6. The lowest BCUT2D eigenvalue weighted by Crippen LogP contribution is -2.06. The van der Waals surface area contributed by atoms with Crippen molar-refractivity contribution in [2.24, 2.45) is 0 Å². The SMILES string of the molecule is CCOC(=O)Cc1cn2c(C=O)c(-c3cc(Cl)cc(Cl)c3OCC)nc2s1. The smallest absolute Gasteiger partial charge is 0.311 e. The highest BCUT2D eigenvalue weighted by molar-refractivity contribution is 7.17. The molecule has 2 heterocycles. The van der Waals surface area contributed by atoms with Crippen molar-refractivity contribution in [1.29, 1.82) is 0 Å². The number of rotatable bonds is 7. The number of nitrogens with zero attached hydrogens (tertiary/aromatic N) is 2. The lowest BCUT2D eigenvalue weighted by Gasteiger charge is -2.11. The van der Waals surface area contributed by atoms with Crippen molar-refractivity contribution >= 4 is 51.8 Å². The second-order valence-corrected chi connectivity index (χ2v) is 7.43. The molecular formula is C18H16Cl2N2O4S. The summed E-state index contributed by atoms with van der Waals surface area (Å²) in [4.78, 5) is 29.4. The molecule has 1 aromatic carbocycles. The molecule has 0 bridgehead atoms. The molecule has 6 nitrogen and oxygen atoms in total. The summed E-state index contributed by atoms with van der Waals surface area (Å²) in [6, 6.07) is 3.24. The van der Waals surface area contributed by atoms with Gasteiger partial charge < -0.3 is 9.47 Å². The van der Waals surface area contributed by atoms with Crippen molar-refractivity contribution in [1.82, 2.24) is 9.38 Å². The first kappa shape index (κ1) is 19.7. The van der Waals surface area contributed by atoms with Gasteiger partial charge in [-0.15, -0.1) is 11.3 Å². The summed E-state index contributed by atoms with van der Waals surface area (Å²) < 4.78 is 12.2. The number of halogens is 2. The second kappa shape index (κ2) is 8.29. The first-order valence-electron chi connectivity index (χ1n) is 8.22. The Morgan fingerprint density at radius 2 is 2.07 bits per heavy atom. The van der Waals surface area contributed by atoms with E-state index in [0.717, 1.165) is 4.88 Å². The van der Waals surface area contributed by atoms with E-state index >= 15 is 0 Å². The number of hydrogen-bond donors (Lipinski definition) is 0. The number of esters is 1. The van der Waals surface area contributed by atoms with Crippen LogP contribution in [-0.4, -0.2) is 34.9 Å². The maximum Gasteiger partial charge on any atom is 0.311 e. The van der Waals surface area contributed by atoms with Gasteiger partial charge in [-0.3, -0.25) is 14.0 Å². The van der Waals surface area contributed by atoms with Gasteiger partial charge in [-0.1, -0.05) is 23.2 Å². The Kier molecular flexibility index (Phi) is 6.04. The normalized spacial score (nSPS) is 11.0. The van der Waals surface area contributed by atoms with Crippen molar-refractivity contribution in [2.75, 3.05) is 13.2 Å². The van der Waals surface area contributed by atoms with Gasteiger partial charge in [-0.2, -0.15) is 0 Å². The van der Waals surface area contributed by atoms with E-state index in [1.165, 1.54) is 11.3 Å². The first-order valence-corrected chi connectivity index (χ1v) is 9.79. The Bertz CT molecular complexity index is 1010. The van der Waals surface area contributed by atoms with Crippen molar-refractivity contribution in [3.63, 3.8) is 0 Å². The van der Waals surface area contributed by atoms with Crippen LogP contribution in [0.25, 0.3) is 16.2 Å². The summed E-state index contributed by atoms with van der Waals surface area (Å²) in [5.74, 6) is 0.0966. The summed E-state index contributed by atoms with van der Waals surface area (Å²) in [5.41, 5.74) is 1.29. The van der Waals surface area contributed by atoms with Gasteiger partial charge in [0.1, 0.15) is 17.1 Å². The average Bonchev–Trinajstić information content (AvgIpc) is 3.13. The molecule has 3 aromatic rings. The topological polar surface area (TPSA) is 69.9 Å². The maximum atomic E-state index is 11.8. The predicted molar refractivity (Wildman–Crippen MR) is 105 cm³/mol. The number of aldehydes is 1. The molecule has 3 rings (SSSR count). The van der Waals surface area contributed by atoms with Crippen molar-refractivity contribution in [2.45, 2.75) is 20.3 Å². The number of fused-ring (bicyclic) bond motifs is 1. The summed E-state index contributed by atoms with van der Waals surface area (Å²) in [5, 5.41) is 0.755. The van der Waals surface area contributed by atoms with E-state index in [4.69, 9.17) is 32.7 Å². The molecule has 0 N–H and O–H groups in total. The summed E-state index contributed by atoms with van der Waals surface area (Å²) in [6.45, 7) is 4.31. The molecule has 142 valence electrons. The fourth-order valence-electron chi connectivity index (χ4n) is 2.68. The molecule has 0 radical (unpaired) electrons. The van der Waals surface area contributed by atoms with E-state index in [-0.39, 0.29) is 12.4 Å². The second-order valence-electron chi connectivity index (χ2n) is 5.49. The molecule has 0 saturated carbocycles. The summed E-state index contributed by atoms with van der Waals surface area (Å²) in [7, 11) is 0. The van der Waals surface area contributed by atoms with Crippen LogP contribution in [0.5, 0.6) is 5.75 Å². The van der Waals surface area contributed by atoms with Crippen LogP contribution in [0.4, 0.5) is 0 Å². The number of aromatic nitrogens is 2. The minimum atomic E-state index is -0.324. The number of thiazole rings is 1. The zero-order valence-electron chi connectivity index (χ0n) is 14.6. The number of benzene rings is 1. The number of carbonyl (C=O) groups is 2. The Labute approximate surface area is 169 Å². The summed E-state index contributed by atoms with van der Waals surface area (Å²) >= 11 is 13.7. The Hall–Kier alpha value is -2.09. The van der Waals surface area contributed by atoms with Crippen LogP contribution < -0.4 is 4.74 Å². The van der Waals surface area contributed by atoms with E-state index in [2.05, 4.69) is 4.98 Å². The zero-order valence-corrected chi connectivity index (χ0v) is 17.0. The average molecular weight is 427 g/mol. The lowest BCUT2D eigenvalue weighted by atomic mass is 10.1. The van der Waals surface area contributed by atoms with Crippen molar-refractivity contribution in [3.05, 3.63) is 38.9 Å². The van der Waals surface area contributed by atoms with Gasteiger partial charge in [0, 0.05) is 21.7 Å². The van der Waals surface area contributed by atoms with Crippen molar-refractivity contribution < 1.29 is 19.1 Å². The van der Waals surface area contributed by atoms with Gasteiger partial charge in [0.2, 0.25) is 0 Å². The molecule has 0 amide bonds. The Morgan fingerprint density at radius 3 is 2.74 bits per heavy atom. The Balaban J connectivity index is 2.10. The number of ether oxygens (including phenoxy) is 2. The van der Waals surface area contributed by atoms with Crippen LogP contribution in [0.15, 0.2) is 18.3 Å². The van der Waals surface area contributed by atoms with Gasteiger partial charge in [0.05, 0.1) is 24.7 Å². The van der Waals surface area contributed by atoms with Gasteiger partial charge in [0.15, 0.2) is 11.2 Å². The number of carbonyl (C=O) groups excluding carboxylic acids is 2. The lowest BCUT2D eigenvalue weighted by molar-refractivity contribution is -0.142. The van der Waals surface area contributed by atoms with Crippen LogP contribution in [0, 0.1) is 0 Å². The molecular weight excluding hydrogens is 411 g/mol. The monoisotopic (exact) mass is 426 g/mol. The molecule has 0 atom stereocenters. The van der Waals surface area contributed by atoms with Crippen LogP contribution in [0.3, 0.4) is 0 Å². The highest BCUT2D eigenvalue weighted by Crippen LogP contribution is 2.40. The van der Waals surface area contributed by atoms with Crippen LogP contribution in [0.2, 0.25) is 10.0 Å². The molecule has 9 heteroatoms. The molecule has 0 aliphatic heterocycles. The minimum Gasteiger partial charge on any atom is -0.492 e. The molecule has 0 aliphatic carbocycles. The van der Waals surface area contributed by atoms with Gasteiger partial charge in [-0.05, 0) is 26.0 Å². The van der Waals surface area contributed by atoms with Crippen molar-refractivity contribution in [3.8, 4) is 17.0 Å². The van der Waals surface area contributed by atoms with E-state index in [9.17, 15) is 9.59 Å². The summed E-state index contributed by atoms with van der Waals surface area (Å²) in [6.07, 6.45) is 2.55. The fraction of sp³-hybridized carbons (Fsp3) is 0.278. The largest absolute Gasteiger partial charge is 0.492 e. The number of imidazole rings is 1. The van der Waals surface area contributed by atoms with Gasteiger partial charge >= 0.3 is 5.97 Å². The highest BCUT2D eigenvalue weighted by Gasteiger charge is 2.22. The first-order chi connectivity index (χ1) is 13.0. The predicted octanol–water partition coefficient (Wildman–Crippen LogP) is 4.69. The molecule has 0 saturated heterocycles. The molecule has 2 aromatic heterocycles. The maximum absolute atomic E-state index is 11.8.